The van der Waals surface area contributed by atoms with Crippen LogP contribution in [0.15, 0.2) is 24.3 Å². The minimum atomic E-state index is -1.68. The first-order valence-corrected chi connectivity index (χ1v) is 11.5. The largest absolute Gasteiger partial charge is 0.496 e. The molecule has 0 radical (unpaired) electrons. The van der Waals surface area contributed by atoms with Gasteiger partial charge in [0.25, 0.3) is 0 Å². The van der Waals surface area contributed by atoms with Crippen LogP contribution in [0.4, 0.5) is 0 Å². The highest BCUT2D eigenvalue weighted by molar-refractivity contribution is 6.33. The number of aliphatic hydroxyl groups is 4. The number of benzene rings is 2. The van der Waals surface area contributed by atoms with Crippen molar-refractivity contribution < 1.29 is 49.0 Å². The smallest absolute Gasteiger partial charge is 0.229 e. The van der Waals surface area contributed by atoms with Gasteiger partial charge >= 0.3 is 0 Å². The van der Waals surface area contributed by atoms with Crippen LogP contribution in [0.25, 0.3) is 0 Å². The molecule has 10 heteroatoms. The van der Waals surface area contributed by atoms with E-state index in [2.05, 4.69) is 0 Å². The molecule has 6 atom stereocenters. The zero-order chi connectivity index (χ0) is 26.1. The highest BCUT2D eigenvalue weighted by Gasteiger charge is 2.46. The first-order valence-electron chi connectivity index (χ1n) is 11.5. The first kappa shape index (κ1) is 24.5. The normalized spacial score (nSPS) is 31.4. The molecule has 190 valence electrons. The Kier molecular flexibility index (Phi) is 5.77. The van der Waals surface area contributed by atoms with Crippen LogP contribution in [0.3, 0.4) is 0 Å². The fraction of sp³-hybridized carbons (Fsp3) is 0.423. The molecule has 2 aromatic rings. The zero-order valence-corrected chi connectivity index (χ0v) is 19.8. The first-order chi connectivity index (χ1) is 16.9. The fourth-order valence-corrected chi connectivity index (χ4v) is 5.24. The number of Topliss-reactive ketones (excluding diaryl/α,β-unsaturated/α-hetero) is 1. The molecule has 5 rings (SSSR count). The van der Waals surface area contributed by atoms with Crippen molar-refractivity contribution in [2.45, 2.75) is 63.0 Å². The van der Waals surface area contributed by atoms with Crippen molar-refractivity contribution in [2.24, 2.45) is 0 Å². The highest BCUT2D eigenvalue weighted by atomic mass is 16.7. The Morgan fingerprint density at radius 3 is 2.33 bits per heavy atom. The minimum absolute atomic E-state index is 0.00601. The van der Waals surface area contributed by atoms with Crippen molar-refractivity contribution >= 4 is 17.3 Å². The summed E-state index contributed by atoms with van der Waals surface area (Å²) in [5, 5.41) is 41.4. The van der Waals surface area contributed by atoms with Gasteiger partial charge in [0.05, 0.1) is 29.9 Å². The molecule has 1 saturated heterocycles. The summed E-state index contributed by atoms with van der Waals surface area (Å²) >= 11 is 0. The van der Waals surface area contributed by atoms with E-state index in [1.165, 1.54) is 39.2 Å². The fourth-order valence-electron chi connectivity index (χ4n) is 5.24. The summed E-state index contributed by atoms with van der Waals surface area (Å²) in [7, 11) is 1.36. The van der Waals surface area contributed by atoms with Gasteiger partial charge in [-0.05, 0) is 31.5 Å². The second-order valence-electron chi connectivity index (χ2n) is 9.77. The second kappa shape index (κ2) is 8.46. The summed E-state index contributed by atoms with van der Waals surface area (Å²) in [4.78, 5) is 40.7. The van der Waals surface area contributed by atoms with Crippen LogP contribution in [-0.4, -0.2) is 81.2 Å². The van der Waals surface area contributed by atoms with Gasteiger partial charge in [0.2, 0.25) is 12.1 Å². The molecule has 36 heavy (non-hydrogen) atoms. The van der Waals surface area contributed by atoms with Crippen LogP contribution in [0.5, 0.6) is 11.5 Å². The van der Waals surface area contributed by atoms with Crippen molar-refractivity contribution in [1.29, 1.82) is 0 Å². The summed E-state index contributed by atoms with van der Waals surface area (Å²) in [5.74, 6) is -1.69. The van der Waals surface area contributed by atoms with Gasteiger partial charge in [-0.15, -0.1) is 0 Å². The number of fused-ring (bicyclic) bond motifs is 4. The van der Waals surface area contributed by atoms with Crippen molar-refractivity contribution in [3.8, 4) is 11.5 Å². The number of hydrogen-bond donors (Lipinski definition) is 4. The lowest BCUT2D eigenvalue weighted by molar-refractivity contribution is -0.268. The van der Waals surface area contributed by atoms with Crippen molar-refractivity contribution in [1.82, 2.24) is 0 Å². The van der Waals surface area contributed by atoms with Crippen LogP contribution in [0, 0.1) is 0 Å². The summed E-state index contributed by atoms with van der Waals surface area (Å²) in [5.41, 5.74) is -1.30. The van der Waals surface area contributed by atoms with E-state index in [0.717, 1.165) is 0 Å². The number of carbonyl (C=O) groups is 3. The number of carbonyl (C=O) groups excluding carboxylic acids is 3. The molecule has 1 heterocycles. The number of hydrogen-bond acceptors (Lipinski definition) is 10. The van der Waals surface area contributed by atoms with E-state index in [0.29, 0.717) is 5.56 Å². The van der Waals surface area contributed by atoms with Crippen LogP contribution < -0.4 is 9.47 Å². The Morgan fingerprint density at radius 2 is 1.64 bits per heavy atom. The molecule has 0 bridgehead atoms. The van der Waals surface area contributed by atoms with E-state index in [4.69, 9.17) is 14.2 Å². The molecule has 0 spiro atoms. The Labute approximate surface area is 206 Å². The van der Waals surface area contributed by atoms with E-state index in [1.807, 2.05) is 0 Å². The topological polar surface area (TPSA) is 160 Å². The number of ether oxygens (including phenoxy) is 3. The average molecular weight is 498 g/mol. The summed E-state index contributed by atoms with van der Waals surface area (Å²) in [6.07, 6.45) is -7.27. The van der Waals surface area contributed by atoms with Gasteiger partial charge in [-0.3, -0.25) is 14.4 Å². The van der Waals surface area contributed by atoms with E-state index in [9.17, 15) is 34.8 Å². The van der Waals surface area contributed by atoms with Gasteiger partial charge < -0.3 is 34.6 Å². The molecule has 0 aromatic heterocycles. The average Bonchev–Trinajstić information content (AvgIpc) is 2.82. The maximum atomic E-state index is 13.8. The third-order valence-electron chi connectivity index (χ3n) is 6.99. The van der Waals surface area contributed by atoms with E-state index < -0.39 is 53.7 Å². The maximum absolute atomic E-state index is 13.8. The Morgan fingerprint density at radius 1 is 0.917 bits per heavy atom. The standard InChI is InChI=1S/C26H26O10/c1-10-20(28)23(31)24(32)25(35-10)36-15-7-11-8-26(2,33)9-13(27)16(11)19-18(15)22(30)17-12(21(19)29)5-4-6-14(17)34-3/h4-7,10,20,23-25,28,31-33H,8-9H2,1-3H3. The maximum Gasteiger partial charge on any atom is 0.229 e. The minimum Gasteiger partial charge on any atom is -0.496 e. The molecular formula is C26H26O10. The number of methoxy groups -OCH3 is 1. The Bertz CT molecular complexity index is 1300. The molecule has 6 unspecified atom stereocenters. The van der Waals surface area contributed by atoms with Crippen molar-refractivity contribution in [3.63, 3.8) is 0 Å². The number of ketones is 3. The molecule has 10 nitrogen and oxygen atoms in total. The summed E-state index contributed by atoms with van der Waals surface area (Å²) < 4.78 is 16.7. The van der Waals surface area contributed by atoms with Gasteiger partial charge in [-0.2, -0.15) is 0 Å². The Balaban J connectivity index is 1.72. The van der Waals surface area contributed by atoms with Gasteiger partial charge in [-0.1, -0.05) is 12.1 Å². The van der Waals surface area contributed by atoms with Gasteiger partial charge in [-0.25, -0.2) is 0 Å². The SMILES string of the molecule is COc1cccc2c1C(=O)c1c(OC3OC(C)C(O)C(O)C3O)cc3c(c1C2=O)C(=O)CC(C)(O)C3. The van der Waals surface area contributed by atoms with E-state index in [1.54, 1.807) is 6.07 Å². The predicted octanol–water partition coefficient (Wildman–Crippen LogP) is 0.557. The quantitative estimate of drug-likeness (QED) is 0.402. The lowest BCUT2D eigenvalue weighted by Gasteiger charge is -2.39. The molecular weight excluding hydrogens is 472 g/mol. The monoisotopic (exact) mass is 498 g/mol. The van der Waals surface area contributed by atoms with Gasteiger partial charge in [0, 0.05) is 29.5 Å². The van der Waals surface area contributed by atoms with Crippen LogP contribution in [-0.2, 0) is 11.2 Å². The number of aliphatic hydroxyl groups excluding tert-OH is 3. The van der Waals surface area contributed by atoms with Crippen molar-refractivity contribution in [2.75, 3.05) is 7.11 Å². The lowest BCUT2D eigenvalue weighted by Crippen LogP contribution is -2.58. The van der Waals surface area contributed by atoms with Crippen LogP contribution in [0.1, 0.15) is 68.0 Å². The molecule has 2 aromatic carbocycles. The molecule has 0 saturated carbocycles. The predicted molar refractivity (Wildman–Crippen MR) is 123 cm³/mol. The molecule has 2 aliphatic carbocycles. The van der Waals surface area contributed by atoms with E-state index in [-0.39, 0.29) is 52.2 Å². The summed E-state index contributed by atoms with van der Waals surface area (Å²) in [6.45, 7) is 2.97. The zero-order valence-electron chi connectivity index (χ0n) is 19.8. The lowest BCUT2D eigenvalue weighted by atomic mass is 9.73. The van der Waals surface area contributed by atoms with Crippen molar-refractivity contribution in [3.05, 3.63) is 57.6 Å². The molecule has 0 amide bonds. The third kappa shape index (κ3) is 3.64. The van der Waals surface area contributed by atoms with Gasteiger partial charge in [0.1, 0.15) is 29.8 Å². The highest BCUT2D eigenvalue weighted by Crippen LogP contribution is 2.44. The van der Waals surface area contributed by atoms with Crippen LogP contribution >= 0.6 is 0 Å². The molecule has 3 aliphatic rings. The van der Waals surface area contributed by atoms with E-state index >= 15 is 0 Å². The molecule has 1 fully saturated rings. The second-order valence-corrected chi connectivity index (χ2v) is 9.77. The van der Waals surface area contributed by atoms with Gasteiger partial charge in [0.15, 0.2) is 11.6 Å². The summed E-state index contributed by atoms with van der Waals surface area (Å²) in [6, 6.07) is 5.94. The molecule has 4 N–H and O–H groups in total. The Hall–Kier alpha value is -3.15. The number of rotatable bonds is 3. The third-order valence-corrected chi connectivity index (χ3v) is 6.99. The molecule has 1 aliphatic heterocycles. The van der Waals surface area contributed by atoms with Crippen LogP contribution in [0.2, 0.25) is 0 Å².